The van der Waals surface area contributed by atoms with Crippen LogP contribution < -0.4 is 14.8 Å². The van der Waals surface area contributed by atoms with Gasteiger partial charge in [0.2, 0.25) is 0 Å². The van der Waals surface area contributed by atoms with Gasteiger partial charge in [0.05, 0.1) is 20.3 Å². The molecule has 0 bridgehead atoms. The number of hydrogen-bond donors (Lipinski definition) is 1. The number of nitrogens with one attached hydrogen (secondary N) is 1. The predicted octanol–water partition coefficient (Wildman–Crippen LogP) is 2.79. The largest absolute Gasteiger partial charge is 0.493 e. The molecule has 0 unspecified atom stereocenters. The Morgan fingerprint density at radius 1 is 1.15 bits per heavy atom. The monoisotopic (exact) mass is 281 g/mol. The van der Waals surface area contributed by atoms with Crippen LogP contribution in [0.15, 0.2) is 18.2 Å². The molecule has 0 radical (unpaired) electrons. The van der Waals surface area contributed by atoms with Crippen molar-refractivity contribution in [3.8, 4) is 11.5 Å². The number of methoxy groups -OCH3 is 1. The van der Waals surface area contributed by atoms with E-state index in [4.69, 9.17) is 14.2 Å². The first-order valence-corrected chi connectivity index (χ1v) is 7.26. The Morgan fingerprint density at radius 3 is 2.65 bits per heavy atom. The topological polar surface area (TPSA) is 39.7 Å². The second-order valence-electron chi connectivity index (χ2n) is 4.88. The van der Waals surface area contributed by atoms with Gasteiger partial charge in [-0.1, -0.05) is 13.0 Å². The van der Waals surface area contributed by atoms with Crippen molar-refractivity contribution in [1.82, 2.24) is 5.32 Å². The van der Waals surface area contributed by atoms with E-state index >= 15 is 0 Å². The molecule has 0 spiro atoms. The quantitative estimate of drug-likeness (QED) is 0.669. The second-order valence-corrected chi connectivity index (χ2v) is 4.88. The van der Waals surface area contributed by atoms with Crippen molar-refractivity contribution in [1.29, 1.82) is 0 Å². The molecule has 20 heavy (non-hydrogen) atoms. The van der Waals surface area contributed by atoms with Gasteiger partial charge >= 0.3 is 0 Å². The third-order valence-electron chi connectivity index (χ3n) is 3.16. The zero-order chi connectivity index (χ0) is 14.8. The van der Waals surface area contributed by atoms with Crippen LogP contribution in [-0.4, -0.2) is 39.5 Å². The Hall–Kier alpha value is -1.26. The maximum Gasteiger partial charge on any atom is 0.161 e. The zero-order valence-electron chi connectivity index (χ0n) is 13.1. The van der Waals surface area contributed by atoms with E-state index in [2.05, 4.69) is 19.2 Å². The highest BCUT2D eigenvalue weighted by molar-refractivity contribution is 5.42. The molecule has 1 rings (SSSR count). The molecule has 114 valence electrons. The lowest BCUT2D eigenvalue weighted by Crippen LogP contribution is -2.29. The van der Waals surface area contributed by atoms with Crippen molar-refractivity contribution in [2.75, 3.05) is 33.5 Å². The number of benzene rings is 1. The van der Waals surface area contributed by atoms with Crippen LogP contribution in [0.1, 0.15) is 25.8 Å². The van der Waals surface area contributed by atoms with Crippen LogP contribution >= 0.6 is 0 Å². The predicted molar refractivity (Wildman–Crippen MR) is 81.8 cm³/mol. The third-order valence-corrected chi connectivity index (χ3v) is 3.16. The van der Waals surface area contributed by atoms with E-state index in [1.165, 1.54) is 0 Å². The van der Waals surface area contributed by atoms with Gasteiger partial charge < -0.3 is 19.5 Å². The van der Waals surface area contributed by atoms with E-state index in [1.807, 2.05) is 25.1 Å². The van der Waals surface area contributed by atoms with Crippen LogP contribution in [0.2, 0.25) is 0 Å². The molecule has 1 atom stereocenters. The summed E-state index contributed by atoms with van der Waals surface area (Å²) in [5.41, 5.74) is 1.15. The summed E-state index contributed by atoms with van der Waals surface area (Å²) >= 11 is 0. The third kappa shape index (κ3) is 6.26. The average molecular weight is 281 g/mol. The number of ether oxygens (including phenoxy) is 3. The molecule has 1 aromatic carbocycles. The Kier molecular flexibility index (Phi) is 8.07. The second kappa shape index (κ2) is 9.61. The molecule has 0 saturated heterocycles. The van der Waals surface area contributed by atoms with E-state index in [1.54, 1.807) is 7.11 Å². The van der Waals surface area contributed by atoms with Crippen LogP contribution in [0.4, 0.5) is 0 Å². The minimum Gasteiger partial charge on any atom is -0.493 e. The van der Waals surface area contributed by atoms with Crippen molar-refractivity contribution in [2.45, 2.75) is 33.2 Å². The van der Waals surface area contributed by atoms with E-state index in [0.29, 0.717) is 25.9 Å². The summed E-state index contributed by atoms with van der Waals surface area (Å²) in [7, 11) is 1.65. The molecule has 4 heteroatoms. The van der Waals surface area contributed by atoms with Gasteiger partial charge in [-0.05, 0) is 38.0 Å². The van der Waals surface area contributed by atoms with Crippen LogP contribution in [0.25, 0.3) is 0 Å². The minimum atomic E-state index is 0.531. The number of aryl methyl sites for hydroxylation is 1. The van der Waals surface area contributed by atoms with E-state index in [9.17, 15) is 0 Å². The highest BCUT2D eigenvalue weighted by Crippen LogP contribution is 2.27. The normalized spacial score (nSPS) is 12.2. The number of rotatable bonds is 10. The van der Waals surface area contributed by atoms with Gasteiger partial charge in [0, 0.05) is 12.6 Å². The average Bonchev–Trinajstić information content (AvgIpc) is 2.47. The van der Waals surface area contributed by atoms with Crippen molar-refractivity contribution in [2.24, 2.45) is 0 Å². The van der Waals surface area contributed by atoms with Crippen molar-refractivity contribution < 1.29 is 14.2 Å². The van der Waals surface area contributed by atoms with Gasteiger partial charge in [0.1, 0.15) is 6.61 Å². The summed E-state index contributed by atoms with van der Waals surface area (Å²) in [6.45, 7) is 9.07. The highest BCUT2D eigenvalue weighted by Gasteiger charge is 2.03. The molecule has 0 amide bonds. The highest BCUT2D eigenvalue weighted by atomic mass is 16.5. The molecule has 0 aliphatic rings. The van der Waals surface area contributed by atoms with Crippen LogP contribution in [-0.2, 0) is 4.74 Å². The van der Waals surface area contributed by atoms with Crippen molar-refractivity contribution in [3.63, 3.8) is 0 Å². The van der Waals surface area contributed by atoms with E-state index in [-0.39, 0.29) is 0 Å². The first-order valence-electron chi connectivity index (χ1n) is 7.26. The first kappa shape index (κ1) is 16.8. The standard InChI is InChI=1S/C16H27NO3/c1-5-14(3)17-8-9-19-10-11-20-15-7-6-13(2)12-16(15)18-4/h6-7,12,14,17H,5,8-11H2,1-4H3/t14-/m0/s1. The molecule has 0 aromatic heterocycles. The fourth-order valence-corrected chi connectivity index (χ4v) is 1.73. The van der Waals surface area contributed by atoms with Gasteiger partial charge in [0.15, 0.2) is 11.5 Å². The Bertz CT molecular complexity index is 382. The summed E-state index contributed by atoms with van der Waals surface area (Å²) in [6, 6.07) is 6.45. The summed E-state index contributed by atoms with van der Waals surface area (Å²) in [6.07, 6.45) is 1.14. The molecule has 4 nitrogen and oxygen atoms in total. The van der Waals surface area contributed by atoms with E-state index in [0.717, 1.165) is 30.0 Å². The zero-order valence-corrected chi connectivity index (χ0v) is 13.1. The van der Waals surface area contributed by atoms with E-state index < -0.39 is 0 Å². The summed E-state index contributed by atoms with van der Waals surface area (Å²) in [5, 5.41) is 3.38. The summed E-state index contributed by atoms with van der Waals surface area (Å²) < 4.78 is 16.5. The van der Waals surface area contributed by atoms with Crippen LogP contribution in [0, 0.1) is 6.92 Å². The Labute approximate surface area is 122 Å². The van der Waals surface area contributed by atoms with Gasteiger partial charge in [-0.3, -0.25) is 0 Å². The molecule has 1 N–H and O–H groups in total. The molecular formula is C16H27NO3. The molecule has 0 aliphatic heterocycles. The molecular weight excluding hydrogens is 254 g/mol. The van der Waals surface area contributed by atoms with Crippen LogP contribution in [0.3, 0.4) is 0 Å². The lowest BCUT2D eigenvalue weighted by Gasteiger charge is -2.13. The Balaban J connectivity index is 2.15. The van der Waals surface area contributed by atoms with Gasteiger partial charge in [-0.15, -0.1) is 0 Å². The SMILES string of the molecule is CC[C@H](C)NCCOCCOc1ccc(C)cc1OC. The molecule has 0 fully saturated rings. The van der Waals surface area contributed by atoms with Crippen molar-refractivity contribution >= 4 is 0 Å². The first-order chi connectivity index (χ1) is 9.67. The van der Waals surface area contributed by atoms with Crippen LogP contribution in [0.5, 0.6) is 11.5 Å². The minimum absolute atomic E-state index is 0.531. The molecule has 0 aliphatic carbocycles. The lowest BCUT2D eigenvalue weighted by atomic mass is 10.2. The Morgan fingerprint density at radius 2 is 1.95 bits per heavy atom. The summed E-state index contributed by atoms with van der Waals surface area (Å²) in [4.78, 5) is 0. The molecule has 0 heterocycles. The summed E-state index contributed by atoms with van der Waals surface area (Å²) in [5.74, 6) is 1.53. The van der Waals surface area contributed by atoms with Gasteiger partial charge in [-0.25, -0.2) is 0 Å². The maximum atomic E-state index is 5.66. The fraction of sp³-hybridized carbons (Fsp3) is 0.625. The smallest absolute Gasteiger partial charge is 0.161 e. The maximum absolute atomic E-state index is 5.66. The van der Waals surface area contributed by atoms with Gasteiger partial charge in [0.25, 0.3) is 0 Å². The van der Waals surface area contributed by atoms with Crippen molar-refractivity contribution in [3.05, 3.63) is 23.8 Å². The lowest BCUT2D eigenvalue weighted by molar-refractivity contribution is 0.0994. The number of hydrogen-bond acceptors (Lipinski definition) is 4. The fourth-order valence-electron chi connectivity index (χ4n) is 1.73. The molecule has 1 aromatic rings. The molecule has 0 saturated carbocycles. The van der Waals surface area contributed by atoms with Gasteiger partial charge in [-0.2, -0.15) is 0 Å².